The highest BCUT2D eigenvalue weighted by Crippen LogP contribution is 2.33. The van der Waals surface area contributed by atoms with E-state index >= 15 is 0 Å². The molecular formula is C15H20N2O. The largest absolute Gasteiger partial charge is 0.385 e. The fourth-order valence-electron chi connectivity index (χ4n) is 2.67. The third-order valence-electron chi connectivity index (χ3n) is 3.95. The summed E-state index contributed by atoms with van der Waals surface area (Å²) in [5.74, 6) is 1.11. The molecule has 0 aromatic heterocycles. The van der Waals surface area contributed by atoms with Gasteiger partial charge in [-0.1, -0.05) is 31.0 Å². The van der Waals surface area contributed by atoms with Crippen LogP contribution in [0.15, 0.2) is 24.3 Å². The van der Waals surface area contributed by atoms with Crippen LogP contribution >= 0.6 is 0 Å². The van der Waals surface area contributed by atoms with Gasteiger partial charge in [0.25, 0.3) is 0 Å². The van der Waals surface area contributed by atoms with E-state index in [4.69, 9.17) is 0 Å². The van der Waals surface area contributed by atoms with Crippen molar-refractivity contribution in [2.75, 3.05) is 18.4 Å². The number of carbonyl (C=O) groups is 1. The number of rotatable bonds is 4. The first-order valence-electron chi connectivity index (χ1n) is 6.95. The van der Waals surface area contributed by atoms with Crippen molar-refractivity contribution in [1.29, 1.82) is 0 Å². The second-order valence-electron chi connectivity index (χ2n) is 5.38. The Labute approximate surface area is 108 Å². The maximum Gasteiger partial charge on any atom is 0.227 e. The minimum absolute atomic E-state index is 0.0293. The molecule has 1 saturated carbocycles. The quantitative estimate of drug-likeness (QED) is 0.854. The van der Waals surface area contributed by atoms with Gasteiger partial charge >= 0.3 is 0 Å². The van der Waals surface area contributed by atoms with E-state index in [0.29, 0.717) is 0 Å². The summed E-state index contributed by atoms with van der Waals surface area (Å²) >= 11 is 0. The van der Waals surface area contributed by atoms with E-state index in [1.54, 1.807) is 0 Å². The number of nitrogens with one attached hydrogen (secondary N) is 2. The number of para-hydroxylation sites is 1. The molecule has 18 heavy (non-hydrogen) atoms. The van der Waals surface area contributed by atoms with Gasteiger partial charge in [0.1, 0.15) is 0 Å². The Balaban J connectivity index is 1.62. The van der Waals surface area contributed by atoms with Crippen molar-refractivity contribution in [3.8, 4) is 0 Å². The number of anilines is 1. The molecule has 1 aromatic carbocycles. The summed E-state index contributed by atoms with van der Waals surface area (Å²) < 4.78 is 0. The SMILES string of the molecule is O=C(NCCC1CC1)C1CCNc2ccccc21. The Morgan fingerprint density at radius 1 is 1.28 bits per heavy atom. The van der Waals surface area contributed by atoms with Gasteiger partial charge < -0.3 is 10.6 Å². The second kappa shape index (κ2) is 5.01. The highest BCUT2D eigenvalue weighted by Gasteiger charge is 2.26. The Morgan fingerprint density at radius 2 is 2.11 bits per heavy atom. The van der Waals surface area contributed by atoms with E-state index in [-0.39, 0.29) is 11.8 Å². The predicted octanol–water partition coefficient (Wildman–Crippen LogP) is 2.50. The zero-order valence-electron chi connectivity index (χ0n) is 10.6. The number of carbonyl (C=O) groups excluding carboxylic acids is 1. The number of hydrogen-bond acceptors (Lipinski definition) is 2. The van der Waals surface area contributed by atoms with Crippen LogP contribution in [0.1, 0.15) is 37.2 Å². The molecule has 2 aliphatic rings. The fraction of sp³-hybridized carbons (Fsp3) is 0.533. The lowest BCUT2D eigenvalue weighted by Crippen LogP contribution is -2.33. The monoisotopic (exact) mass is 244 g/mol. The van der Waals surface area contributed by atoms with E-state index in [0.717, 1.165) is 43.1 Å². The molecular weight excluding hydrogens is 224 g/mol. The molecule has 1 aromatic rings. The molecule has 0 saturated heterocycles. The highest BCUT2D eigenvalue weighted by atomic mass is 16.1. The first-order chi connectivity index (χ1) is 8.84. The van der Waals surface area contributed by atoms with Crippen LogP contribution < -0.4 is 10.6 Å². The van der Waals surface area contributed by atoms with Gasteiger partial charge in [0.15, 0.2) is 0 Å². The summed E-state index contributed by atoms with van der Waals surface area (Å²) in [5, 5.41) is 6.45. The van der Waals surface area contributed by atoms with Crippen LogP contribution in [0.25, 0.3) is 0 Å². The third-order valence-corrected chi connectivity index (χ3v) is 3.95. The lowest BCUT2D eigenvalue weighted by molar-refractivity contribution is -0.122. The Kier molecular flexibility index (Phi) is 3.22. The zero-order chi connectivity index (χ0) is 12.4. The molecule has 0 bridgehead atoms. The highest BCUT2D eigenvalue weighted by molar-refractivity contribution is 5.86. The Bertz CT molecular complexity index is 440. The summed E-state index contributed by atoms with van der Waals surface area (Å²) in [5.41, 5.74) is 2.26. The molecule has 1 heterocycles. The molecule has 1 aliphatic carbocycles. The molecule has 0 radical (unpaired) electrons. The van der Waals surface area contributed by atoms with Crippen molar-refractivity contribution in [2.24, 2.45) is 5.92 Å². The molecule has 1 unspecified atom stereocenters. The Hall–Kier alpha value is -1.51. The first kappa shape index (κ1) is 11.6. The van der Waals surface area contributed by atoms with Crippen LogP contribution in [-0.4, -0.2) is 19.0 Å². The van der Waals surface area contributed by atoms with Crippen LogP contribution in [-0.2, 0) is 4.79 Å². The summed E-state index contributed by atoms with van der Waals surface area (Å²) in [6.07, 6.45) is 4.75. The van der Waals surface area contributed by atoms with Crippen molar-refractivity contribution in [3.05, 3.63) is 29.8 Å². The van der Waals surface area contributed by atoms with Crippen LogP contribution in [0.2, 0.25) is 0 Å². The first-order valence-corrected chi connectivity index (χ1v) is 6.95. The van der Waals surface area contributed by atoms with Crippen LogP contribution in [0.3, 0.4) is 0 Å². The van der Waals surface area contributed by atoms with Gasteiger partial charge in [0, 0.05) is 18.8 Å². The van der Waals surface area contributed by atoms with Gasteiger partial charge in [-0.2, -0.15) is 0 Å². The maximum atomic E-state index is 12.2. The normalized spacial score (nSPS) is 21.9. The van der Waals surface area contributed by atoms with E-state index in [2.05, 4.69) is 22.8 Å². The Morgan fingerprint density at radius 3 is 2.94 bits per heavy atom. The average molecular weight is 244 g/mol. The van der Waals surface area contributed by atoms with E-state index in [9.17, 15) is 4.79 Å². The summed E-state index contributed by atoms with van der Waals surface area (Å²) in [7, 11) is 0. The molecule has 1 fully saturated rings. The lowest BCUT2D eigenvalue weighted by atomic mass is 9.90. The van der Waals surface area contributed by atoms with E-state index < -0.39 is 0 Å². The predicted molar refractivity (Wildman–Crippen MR) is 72.6 cm³/mol. The van der Waals surface area contributed by atoms with Crippen LogP contribution in [0.5, 0.6) is 0 Å². The third kappa shape index (κ3) is 2.50. The smallest absolute Gasteiger partial charge is 0.227 e. The maximum absolute atomic E-state index is 12.2. The average Bonchev–Trinajstić information content (AvgIpc) is 3.22. The number of benzene rings is 1. The lowest BCUT2D eigenvalue weighted by Gasteiger charge is -2.25. The van der Waals surface area contributed by atoms with Crippen molar-refractivity contribution in [1.82, 2.24) is 5.32 Å². The van der Waals surface area contributed by atoms with Gasteiger partial charge in [-0.3, -0.25) is 4.79 Å². The fourth-order valence-corrected chi connectivity index (χ4v) is 2.67. The van der Waals surface area contributed by atoms with Crippen molar-refractivity contribution >= 4 is 11.6 Å². The standard InChI is InChI=1S/C15H20N2O/c18-15(17-9-7-11-5-6-11)13-8-10-16-14-4-2-1-3-12(13)14/h1-4,11,13,16H,5-10H2,(H,17,18). The number of hydrogen-bond donors (Lipinski definition) is 2. The van der Waals surface area contributed by atoms with Crippen molar-refractivity contribution in [2.45, 2.75) is 31.6 Å². The molecule has 96 valence electrons. The van der Waals surface area contributed by atoms with E-state index in [1.165, 1.54) is 12.8 Å². The van der Waals surface area contributed by atoms with Crippen LogP contribution in [0.4, 0.5) is 5.69 Å². The minimum atomic E-state index is 0.0293. The van der Waals surface area contributed by atoms with Gasteiger partial charge in [-0.15, -0.1) is 0 Å². The molecule has 1 amide bonds. The summed E-state index contributed by atoms with van der Waals surface area (Å²) in [6.45, 7) is 1.73. The second-order valence-corrected chi connectivity index (χ2v) is 5.38. The van der Waals surface area contributed by atoms with Crippen LogP contribution in [0, 0.1) is 5.92 Å². The van der Waals surface area contributed by atoms with Gasteiger partial charge in [-0.05, 0) is 30.4 Å². The van der Waals surface area contributed by atoms with Crippen molar-refractivity contribution in [3.63, 3.8) is 0 Å². The summed E-state index contributed by atoms with van der Waals surface area (Å²) in [6, 6.07) is 8.14. The molecule has 3 rings (SSSR count). The molecule has 2 N–H and O–H groups in total. The van der Waals surface area contributed by atoms with Crippen molar-refractivity contribution < 1.29 is 4.79 Å². The molecule has 3 heteroatoms. The zero-order valence-corrected chi connectivity index (χ0v) is 10.6. The van der Waals surface area contributed by atoms with Gasteiger partial charge in [0.2, 0.25) is 5.91 Å². The molecule has 1 atom stereocenters. The topological polar surface area (TPSA) is 41.1 Å². The molecule has 0 spiro atoms. The molecule has 3 nitrogen and oxygen atoms in total. The number of amides is 1. The molecule has 1 aliphatic heterocycles. The van der Waals surface area contributed by atoms with Gasteiger partial charge in [0.05, 0.1) is 5.92 Å². The minimum Gasteiger partial charge on any atom is -0.385 e. The number of fused-ring (bicyclic) bond motifs is 1. The van der Waals surface area contributed by atoms with Gasteiger partial charge in [-0.25, -0.2) is 0 Å². The summed E-state index contributed by atoms with van der Waals surface area (Å²) in [4.78, 5) is 12.2. The van der Waals surface area contributed by atoms with E-state index in [1.807, 2.05) is 12.1 Å².